The summed E-state index contributed by atoms with van der Waals surface area (Å²) < 4.78 is 22.7. The van der Waals surface area contributed by atoms with E-state index >= 15 is 0 Å². The summed E-state index contributed by atoms with van der Waals surface area (Å²) in [5.74, 6) is 0.530. The molecule has 1 saturated heterocycles. The van der Waals surface area contributed by atoms with Gasteiger partial charge >= 0.3 is 0 Å². The molecule has 1 aliphatic carbocycles. The van der Waals surface area contributed by atoms with Gasteiger partial charge in [0, 0.05) is 37.0 Å². The predicted octanol–water partition coefficient (Wildman–Crippen LogP) is 0.636. The van der Waals surface area contributed by atoms with Gasteiger partial charge < -0.3 is 5.32 Å². The average molecular weight is 260 g/mol. The Labute approximate surface area is 105 Å². The molecule has 5 heteroatoms. The van der Waals surface area contributed by atoms with E-state index in [4.69, 9.17) is 0 Å². The summed E-state index contributed by atoms with van der Waals surface area (Å²) >= 11 is 0. The molecule has 0 aromatic carbocycles. The zero-order chi connectivity index (χ0) is 12.5. The maximum absolute atomic E-state index is 11.4. The summed E-state index contributed by atoms with van der Waals surface area (Å²) in [5, 5.41) is 3.39. The van der Waals surface area contributed by atoms with E-state index in [-0.39, 0.29) is 11.5 Å². The maximum atomic E-state index is 11.4. The van der Waals surface area contributed by atoms with Crippen LogP contribution < -0.4 is 5.32 Å². The molecule has 0 aromatic heterocycles. The number of nitrogens with one attached hydrogen (secondary N) is 1. The highest BCUT2D eigenvalue weighted by molar-refractivity contribution is 7.91. The van der Waals surface area contributed by atoms with E-state index in [1.54, 1.807) is 6.92 Å². The summed E-state index contributed by atoms with van der Waals surface area (Å²) in [6.07, 6.45) is 3.85. The fraction of sp³-hybridized carbons (Fsp3) is 1.00. The highest BCUT2D eigenvalue weighted by Gasteiger charge is 2.38. The summed E-state index contributed by atoms with van der Waals surface area (Å²) in [5.41, 5.74) is 0. The van der Waals surface area contributed by atoms with E-state index in [0.717, 1.165) is 19.0 Å². The Bertz CT molecular complexity index is 352. The summed E-state index contributed by atoms with van der Waals surface area (Å²) in [4.78, 5) is 2.58. The van der Waals surface area contributed by atoms with E-state index < -0.39 is 9.84 Å². The normalized spacial score (nSPS) is 30.9. The molecule has 2 unspecified atom stereocenters. The van der Waals surface area contributed by atoms with Crippen molar-refractivity contribution in [3.63, 3.8) is 0 Å². The maximum Gasteiger partial charge on any atom is 0.151 e. The third kappa shape index (κ3) is 3.66. The van der Waals surface area contributed by atoms with Crippen LogP contribution in [0.4, 0.5) is 0 Å². The molecule has 17 heavy (non-hydrogen) atoms. The molecule has 0 bridgehead atoms. The van der Waals surface area contributed by atoms with Crippen molar-refractivity contribution in [2.75, 3.05) is 24.6 Å². The van der Waals surface area contributed by atoms with Crippen LogP contribution in [0.2, 0.25) is 0 Å². The van der Waals surface area contributed by atoms with E-state index in [9.17, 15) is 8.42 Å². The Kier molecular flexibility index (Phi) is 4.10. The monoisotopic (exact) mass is 260 g/mol. The quantitative estimate of drug-likeness (QED) is 0.761. The van der Waals surface area contributed by atoms with Gasteiger partial charge in [0.05, 0.1) is 5.75 Å². The lowest BCUT2D eigenvalue weighted by atomic mass is 10.2. The van der Waals surface area contributed by atoms with Crippen LogP contribution in [0.5, 0.6) is 0 Å². The Morgan fingerprint density at radius 2 is 2.06 bits per heavy atom. The first-order valence-electron chi connectivity index (χ1n) is 6.71. The Hall–Kier alpha value is -0.130. The SMILES string of the molecule is CCS(=O)(=O)CCNC1CC(C)N(C2CC2)C1. The summed E-state index contributed by atoms with van der Waals surface area (Å²) in [6.45, 7) is 5.69. The fourth-order valence-electron chi connectivity index (χ4n) is 2.68. The van der Waals surface area contributed by atoms with Crippen molar-refractivity contribution in [2.45, 2.75) is 51.2 Å². The Morgan fingerprint density at radius 3 is 2.65 bits per heavy atom. The molecule has 100 valence electrons. The van der Waals surface area contributed by atoms with E-state index in [0.29, 0.717) is 18.6 Å². The summed E-state index contributed by atoms with van der Waals surface area (Å²) in [7, 11) is -2.82. The predicted molar refractivity (Wildman–Crippen MR) is 69.9 cm³/mol. The van der Waals surface area contributed by atoms with E-state index in [1.165, 1.54) is 12.8 Å². The van der Waals surface area contributed by atoms with Gasteiger partial charge in [-0.3, -0.25) is 4.90 Å². The molecule has 1 N–H and O–H groups in total. The molecule has 1 aliphatic heterocycles. The number of nitrogens with zero attached hydrogens (tertiary/aromatic N) is 1. The van der Waals surface area contributed by atoms with Crippen molar-refractivity contribution in [1.29, 1.82) is 0 Å². The van der Waals surface area contributed by atoms with Crippen molar-refractivity contribution in [2.24, 2.45) is 0 Å². The molecule has 2 atom stereocenters. The standard InChI is InChI=1S/C12H24N2O2S/c1-3-17(15,16)7-6-13-11-8-10(2)14(9-11)12-4-5-12/h10-13H,3-9H2,1-2H3. The number of hydrogen-bond donors (Lipinski definition) is 1. The van der Waals surface area contributed by atoms with Gasteiger partial charge in [-0.25, -0.2) is 8.42 Å². The van der Waals surface area contributed by atoms with Crippen LogP contribution in [0.15, 0.2) is 0 Å². The van der Waals surface area contributed by atoms with Crippen LogP contribution >= 0.6 is 0 Å². The molecule has 2 aliphatic rings. The second kappa shape index (κ2) is 5.24. The lowest BCUT2D eigenvalue weighted by molar-refractivity contribution is 0.255. The fourth-order valence-corrected chi connectivity index (χ4v) is 3.40. The largest absolute Gasteiger partial charge is 0.312 e. The molecule has 0 radical (unpaired) electrons. The average Bonchev–Trinajstić information content (AvgIpc) is 3.04. The second-order valence-electron chi connectivity index (χ2n) is 5.40. The zero-order valence-corrected chi connectivity index (χ0v) is 11.7. The topological polar surface area (TPSA) is 49.4 Å². The third-order valence-corrected chi connectivity index (χ3v) is 5.63. The van der Waals surface area contributed by atoms with Crippen molar-refractivity contribution in [1.82, 2.24) is 10.2 Å². The van der Waals surface area contributed by atoms with Crippen LogP contribution in [0.25, 0.3) is 0 Å². The van der Waals surface area contributed by atoms with Crippen LogP contribution in [-0.4, -0.2) is 56.0 Å². The van der Waals surface area contributed by atoms with Crippen molar-refractivity contribution in [3.8, 4) is 0 Å². The van der Waals surface area contributed by atoms with Crippen molar-refractivity contribution in [3.05, 3.63) is 0 Å². The highest BCUT2D eigenvalue weighted by atomic mass is 32.2. The third-order valence-electron chi connectivity index (χ3n) is 3.92. The van der Waals surface area contributed by atoms with Crippen LogP contribution in [0.3, 0.4) is 0 Å². The first-order valence-corrected chi connectivity index (χ1v) is 8.53. The smallest absolute Gasteiger partial charge is 0.151 e. The molecule has 2 rings (SSSR count). The molecule has 0 amide bonds. The minimum atomic E-state index is -2.82. The Morgan fingerprint density at radius 1 is 1.35 bits per heavy atom. The van der Waals surface area contributed by atoms with Gasteiger partial charge in [-0.15, -0.1) is 0 Å². The van der Waals surface area contributed by atoms with Gasteiger partial charge in [-0.1, -0.05) is 6.92 Å². The van der Waals surface area contributed by atoms with E-state index in [1.807, 2.05) is 0 Å². The second-order valence-corrected chi connectivity index (χ2v) is 7.87. The minimum Gasteiger partial charge on any atom is -0.312 e. The molecule has 0 aromatic rings. The molecule has 2 fully saturated rings. The van der Waals surface area contributed by atoms with Gasteiger partial charge in [0.25, 0.3) is 0 Å². The lowest BCUT2D eigenvalue weighted by Gasteiger charge is -2.19. The lowest BCUT2D eigenvalue weighted by Crippen LogP contribution is -2.36. The molecular weight excluding hydrogens is 236 g/mol. The van der Waals surface area contributed by atoms with Gasteiger partial charge in [-0.05, 0) is 26.2 Å². The number of sulfone groups is 1. The molecule has 1 heterocycles. The van der Waals surface area contributed by atoms with Crippen molar-refractivity contribution >= 4 is 9.84 Å². The van der Waals surface area contributed by atoms with Gasteiger partial charge in [0.15, 0.2) is 9.84 Å². The van der Waals surface area contributed by atoms with Crippen LogP contribution in [0, 0.1) is 0 Å². The molecule has 0 spiro atoms. The van der Waals surface area contributed by atoms with E-state index in [2.05, 4.69) is 17.1 Å². The van der Waals surface area contributed by atoms with Gasteiger partial charge in [0.1, 0.15) is 0 Å². The zero-order valence-electron chi connectivity index (χ0n) is 10.9. The number of hydrogen-bond acceptors (Lipinski definition) is 4. The minimum absolute atomic E-state index is 0.254. The molecule has 1 saturated carbocycles. The van der Waals surface area contributed by atoms with Crippen molar-refractivity contribution < 1.29 is 8.42 Å². The first kappa shape index (κ1) is 13.3. The molecule has 4 nitrogen and oxygen atoms in total. The number of likely N-dealkylation sites (tertiary alicyclic amines) is 1. The van der Waals surface area contributed by atoms with Gasteiger partial charge in [-0.2, -0.15) is 0 Å². The first-order chi connectivity index (χ1) is 8.02. The molecular formula is C12H24N2O2S. The highest BCUT2D eigenvalue weighted by Crippen LogP contribution is 2.33. The van der Waals surface area contributed by atoms with Gasteiger partial charge in [0.2, 0.25) is 0 Å². The van der Waals surface area contributed by atoms with Crippen LogP contribution in [-0.2, 0) is 9.84 Å². The van der Waals surface area contributed by atoms with Crippen LogP contribution in [0.1, 0.15) is 33.1 Å². The summed E-state index contributed by atoms with van der Waals surface area (Å²) in [6, 6.07) is 1.96. The number of rotatable bonds is 6. The Balaban J connectivity index is 1.70.